The van der Waals surface area contributed by atoms with Gasteiger partial charge >= 0.3 is 0 Å². The van der Waals surface area contributed by atoms with E-state index >= 15 is 0 Å². The van der Waals surface area contributed by atoms with Gasteiger partial charge in [0.1, 0.15) is 5.75 Å². The summed E-state index contributed by atoms with van der Waals surface area (Å²) in [7, 11) is 0. The van der Waals surface area contributed by atoms with Crippen LogP contribution in [0.3, 0.4) is 0 Å². The second kappa shape index (κ2) is 4.59. The van der Waals surface area contributed by atoms with Crippen molar-refractivity contribution in [3.8, 4) is 5.75 Å². The van der Waals surface area contributed by atoms with Crippen LogP contribution in [0.2, 0.25) is 0 Å². The summed E-state index contributed by atoms with van der Waals surface area (Å²) in [5, 5.41) is 9.29. The summed E-state index contributed by atoms with van der Waals surface area (Å²) in [5.74, 6) is 0.0885. The van der Waals surface area contributed by atoms with Crippen LogP contribution >= 0.6 is 0 Å². The normalized spacial score (nSPS) is 8.83. The Morgan fingerprint density at radius 3 is 2.42 bits per heavy atom. The van der Waals surface area contributed by atoms with Crippen molar-refractivity contribution in [2.24, 2.45) is 0 Å². The van der Waals surface area contributed by atoms with Gasteiger partial charge in [-0.2, -0.15) is 0 Å². The summed E-state index contributed by atoms with van der Waals surface area (Å²) >= 11 is 0. The Bertz CT molecular complexity index is 295. The van der Waals surface area contributed by atoms with Crippen LogP contribution in [0.25, 0.3) is 0 Å². The largest absolute Gasteiger partial charge is 0.507 e. The number of aldehydes is 1. The van der Waals surface area contributed by atoms with Crippen molar-refractivity contribution >= 4 is 33.6 Å². The molecule has 1 rings (SSSR count). The van der Waals surface area contributed by atoms with Gasteiger partial charge in [0.2, 0.25) is 0 Å². The van der Waals surface area contributed by atoms with E-state index in [9.17, 15) is 9.90 Å². The van der Waals surface area contributed by atoms with Gasteiger partial charge in [0, 0.05) is 27.3 Å². The fourth-order valence-corrected chi connectivity index (χ4v) is 1.08. The molecule has 0 bridgehead atoms. The monoisotopic (exact) mass is 358 g/mol. The molecule has 0 unspecified atom stereocenters. The molecule has 0 atom stereocenters. The Morgan fingerprint density at radius 2 is 1.92 bits per heavy atom. The van der Waals surface area contributed by atoms with E-state index in [2.05, 4.69) is 0 Å². The molecule has 12 heavy (non-hydrogen) atoms. The molecule has 62 valence electrons. The molecule has 0 saturated carbocycles. The molecule has 0 spiro atoms. The quantitative estimate of drug-likeness (QED) is 0.610. The van der Waals surface area contributed by atoms with E-state index in [1.807, 2.05) is 13.0 Å². The van der Waals surface area contributed by atoms with Crippen LogP contribution in [0.4, 0.5) is 0 Å². The Kier molecular flexibility index (Phi) is 4.44. The molecule has 0 amide bonds. The number of rotatable bonds is 1. The van der Waals surface area contributed by atoms with Gasteiger partial charge in [0.15, 0.2) is 6.29 Å². The smallest absolute Gasteiger partial charge is 0.153 e. The molecule has 0 aromatic heterocycles. The van der Waals surface area contributed by atoms with Gasteiger partial charge < -0.3 is 5.11 Å². The fourth-order valence-electron chi connectivity index (χ4n) is 1.08. The minimum Gasteiger partial charge on any atom is -0.507 e. The van der Waals surface area contributed by atoms with Crippen molar-refractivity contribution in [2.75, 3.05) is 0 Å². The maximum Gasteiger partial charge on any atom is 0.153 e. The minimum absolute atomic E-state index is 0. The Labute approximate surface area is 91.8 Å². The third-order valence-corrected chi connectivity index (χ3v) is 1.60. The molecule has 1 aromatic rings. The van der Waals surface area contributed by atoms with Crippen molar-refractivity contribution in [1.29, 1.82) is 0 Å². The number of carbonyl (C=O) groups excluding carboxylic acids is 1. The maximum absolute atomic E-state index is 10.4. The molecule has 4 radical (unpaired) electrons. The van der Waals surface area contributed by atoms with Crippen LogP contribution in [-0.4, -0.2) is 38.7 Å². The van der Waals surface area contributed by atoms with Gasteiger partial charge in [-0.3, -0.25) is 4.79 Å². The number of benzene rings is 1. The first-order valence-electron chi connectivity index (χ1n) is 3.40. The van der Waals surface area contributed by atoms with Crippen LogP contribution in [0, 0.1) is 13.8 Å². The fraction of sp³-hybridized carbons (Fsp3) is 0.222. The van der Waals surface area contributed by atoms with E-state index in [0.717, 1.165) is 11.1 Å². The van der Waals surface area contributed by atoms with Gasteiger partial charge in [0.05, 0.1) is 5.56 Å². The summed E-state index contributed by atoms with van der Waals surface area (Å²) < 4.78 is 0. The van der Waals surface area contributed by atoms with Gasteiger partial charge in [0.25, 0.3) is 0 Å². The molecule has 0 fully saturated rings. The zero-order valence-corrected chi connectivity index (χ0v) is 11.0. The van der Waals surface area contributed by atoms with Crippen LogP contribution in [0.15, 0.2) is 12.1 Å². The summed E-state index contributed by atoms with van der Waals surface area (Å²) in [6.45, 7) is 3.66. The number of aryl methyl sites for hydroxylation is 2. The first-order valence-corrected chi connectivity index (χ1v) is 3.40. The summed E-state index contributed by atoms with van der Waals surface area (Å²) in [4.78, 5) is 10.4. The van der Waals surface area contributed by atoms with Crippen LogP contribution in [0.5, 0.6) is 5.75 Å². The van der Waals surface area contributed by atoms with Crippen molar-refractivity contribution in [3.63, 3.8) is 0 Å². The third-order valence-electron chi connectivity index (χ3n) is 1.60. The molecule has 0 aliphatic carbocycles. The second-order valence-corrected chi connectivity index (χ2v) is 2.64. The first kappa shape index (κ1) is 11.6. The maximum atomic E-state index is 10.4. The van der Waals surface area contributed by atoms with E-state index in [4.69, 9.17) is 0 Å². The Hall–Kier alpha value is -0.388. The Balaban J connectivity index is 0.00000121. The van der Waals surface area contributed by atoms with E-state index in [-0.39, 0.29) is 33.0 Å². The molecule has 0 saturated heterocycles. The van der Waals surface area contributed by atoms with Crippen molar-refractivity contribution < 1.29 is 9.90 Å². The number of carbonyl (C=O) groups is 1. The average molecular weight is 357 g/mol. The predicted molar refractivity (Wildman–Crippen MR) is 48.7 cm³/mol. The molecule has 1 aromatic carbocycles. The van der Waals surface area contributed by atoms with Crippen molar-refractivity contribution in [1.82, 2.24) is 0 Å². The number of phenols is 1. The second-order valence-electron chi connectivity index (χ2n) is 2.64. The van der Waals surface area contributed by atoms with Crippen molar-refractivity contribution in [2.45, 2.75) is 13.8 Å². The molecule has 3 heteroatoms. The predicted octanol–water partition coefficient (Wildman–Crippen LogP) is 1.44. The van der Waals surface area contributed by atoms with Gasteiger partial charge in [-0.15, -0.1) is 0 Å². The number of hydrogen-bond acceptors (Lipinski definition) is 2. The number of phenolic OH excluding ortho intramolecular Hbond substituents is 1. The zero-order valence-electron chi connectivity index (χ0n) is 7.09. The average Bonchev–Trinajstić information content (AvgIpc) is 1.96. The molecular formula is C9H10O2Pb. The minimum atomic E-state index is 0. The van der Waals surface area contributed by atoms with E-state index in [0.29, 0.717) is 11.8 Å². The van der Waals surface area contributed by atoms with Crippen LogP contribution < -0.4 is 0 Å². The van der Waals surface area contributed by atoms with Gasteiger partial charge in [-0.1, -0.05) is 6.07 Å². The topological polar surface area (TPSA) is 37.3 Å². The van der Waals surface area contributed by atoms with Gasteiger partial charge in [-0.05, 0) is 31.0 Å². The summed E-state index contributed by atoms with van der Waals surface area (Å²) in [5.41, 5.74) is 2.09. The molecule has 0 aliphatic heterocycles. The van der Waals surface area contributed by atoms with Crippen LogP contribution in [0.1, 0.15) is 21.5 Å². The first-order chi connectivity index (χ1) is 5.15. The number of aromatic hydroxyl groups is 1. The standard InChI is InChI=1S/C9H10O2.Pb/c1-6-3-7(2)9(11)8(4-6)5-10;/h3-5,11H,1-2H3;. The molecule has 0 heterocycles. The zero-order chi connectivity index (χ0) is 8.43. The summed E-state index contributed by atoms with van der Waals surface area (Å²) in [6.07, 6.45) is 0.662. The van der Waals surface area contributed by atoms with E-state index < -0.39 is 0 Å². The summed E-state index contributed by atoms with van der Waals surface area (Å²) in [6, 6.07) is 3.50. The molecule has 0 aliphatic rings. The molecule has 1 N–H and O–H groups in total. The SMILES string of the molecule is Cc1cc(C)c(O)c(C=O)c1.[Pb]. The Morgan fingerprint density at radius 1 is 1.33 bits per heavy atom. The van der Waals surface area contributed by atoms with E-state index in [1.54, 1.807) is 13.0 Å². The van der Waals surface area contributed by atoms with Crippen molar-refractivity contribution in [3.05, 3.63) is 28.8 Å². The molecule has 2 nitrogen and oxygen atoms in total. The molecular weight excluding hydrogens is 347 g/mol. The van der Waals surface area contributed by atoms with Gasteiger partial charge in [-0.25, -0.2) is 0 Å². The third kappa shape index (κ3) is 2.30. The van der Waals surface area contributed by atoms with E-state index in [1.165, 1.54) is 0 Å². The number of hydrogen-bond donors (Lipinski definition) is 1. The van der Waals surface area contributed by atoms with Crippen LogP contribution in [-0.2, 0) is 0 Å².